The number of carboxylic acid groups (broad SMARTS) is 1. The second kappa shape index (κ2) is 5.23. The van der Waals surface area contributed by atoms with Crippen LogP contribution in [0, 0.1) is 17.0 Å². The lowest BCUT2D eigenvalue weighted by atomic mass is 10.1. The maximum absolute atomic E-state index is 13.7. The molecule has 0 radical (unpaired) electrons. The van der Waals surface area contributed by atoms with Gasteiger partial charge in [0.15, 0.2) is 0 Å². The molecule has 118 valence electrons. The molecular formula is C15H16F2N2O3. The highest BCUT2D eigenvalue weighted by molar-refractivity contribution is 6.04. The zero-order valence-electron chi connectivity index (χ0n) is 11.9. The molecule has 5 nitrogen and oxygen atoms in total. The van der Waals surface area contributed by atoms with E-state index in [1.54, 1.807) is 4.90 Å². The van der Waals surface area contributed by atoms with Crippen LogP contribution in [0.15, 0.2) is 18.2 Å². The zero-order valence-corrected chi connectivity index (χ0v) is 11.9. The largest absolute Gasteiger partial charge is 0.480 e. The van der Waals surface area contributed by atoms with E-state index in [0.29, 0.717) is 39.0 Å². The molecule has 7 heteroatoms. The summed E-state index contributed by atoms with van der Waals surface area (Å²) in [5.74, 6) is -2.46. The number of carboxylic acids is 1. The van der Waals surface area contributed by atoms with Crippen LogP contribution in [-0.2, 0) is 9.59 Å². The van der Waals surface area contributed by atoms with Gasteiger partial charge in [-0.1, -0.05) is 0 Å². The monoisotopic (exact) mass is 310 g/mol. The molecule has 0 spiro atoms. The van der Waals surface area contributed by atoms with E-state index in [0.717, 1.165) is 18.2 Å². The highest BCUT2D eigenvalue weighted by Gasteiger charge is 2.58. The van der Waals surface area contributed by atoms with E-state index >= 15 is 0 Å². The predicted octanol–water partition coefficient (Wildman–Crippen LogP) is 1.48. The van der Waals surface area contributed by atoms with Crippen LogP contribution in [0.2, 0.25) is 0 Å². The molecule has 1 aromatic carbocycles. The molecule has 1 aliphatic heterocycles. The summed E-state index contributed by atoms with van der Waals surface area (Å²) >= 11 is 0. The lowest BCUT2D eigenvalue weighted by Crippen LogP contribution is -2.52. The third-order valence-corrected chi connectivity index (χ3v) is 4.38. The van der Waals surface area contributed by atoms with E-state index in [4.69, 9.17) is 5.11 Å². The molecule has 2 aliphatic rings. The van der Waals surface area contributed by atoms with E-state index in [9.17, 15) is 18.4 Å². The molecule has 0 unspecified atom stereocenters. The predicted molar refractivity (Wildman–Crippen MR) is 74.5 cm³/mol. The van der Waals surface area contributed by atoms with Gasteiger partial charge in [-0.15, -0.1) is 0 Å². The van der Waals surface area contributed by atoms with Gasteiger partial charge in [0.05, 0.1) is 5.69 Å². The van der Waals surface area contributed by atoms with Crippen molar-refractivity contribution in [3.05, 3.63) is 29.8 Å². The molecular weight excluding hydrogens is 294 g/mol. The average Bonchev–Trinajstić information content (AvgIpc) is 3.31. The third kappa shape index (κ3) is 2.40. The Balaban J connectivity index is 1.67. The fourth-order valence-corrected chi connectivity index (χ4v) is 2.83. The Kier molecular flexibility index (Phi) is 3.50. The van der Waals surface area contributed by atoms with Crippen LogP contribution in [0.5, 0.6) is 0 Å². The van der Waals surface area contributed by atoms with Crippen molar-refractivity contribution in [3.8, 4) is 0 Å². The standard InChI is InChI=1S/C15H16F2N2O3/c16-10-1-2-11(17)12(9-10)18-5-7-19(8-6-18)13(20)15(3-4-15)14(21)22/h1-2,9H,3-8H2,(H,21,22). The van der Waals surface area contributed by atoms with Crippen LogP contribution in [0.1, 0.15) is 12.8 Å². The van der Waals surface area contributed by atoms with Crippen LogP contribution >= 0.6 is 0 Å². The van der Waals surface area contributed by atoms with E-state index in [1.165, 1.54) is 4.90 Å². The molecule has 1 aliphatic carbocycles. The first-order valence-corrected chi connectivity index (χ1v) is 7.17. The second-order valence-electron chi connectivity index (χ2n) is 5.76. The number of rotatable bonds is 3. The first-order valence-electron chi connectivity index (χ1n) is 7.17. The van der Waals surface area contributed by atoms with Crippen molar-refractivity contribution in [2.75, 3.05) is 31.1 Å². The fraction of sp³-hybridized carbons (Fsp3) is 0.467. The van der Waals surface area contributed by atoms with Crippen LogP contribution in [0.4, 0.5) is 14.5 Å². The van der Waals surface area contributed by atoms with Gasteiger partial charge in [0.2, 0.25) is 5.91 Å². The van der Waals surface area contributed by atoms with Crippen molar-refractivity contribution in [3.63, 3.8) is 0 Å². The molecule has 0 aromatic heterocycles. The Bertz CT molecular complexity index is 623. The lowest BCUT2D eigenvalue weighted by Gasteiger charge is -2.37. The maximum atomic E-state index is 13.7. The van der Waals surface area contributed by atoms with Crippen LogP contribution < -0.4 is 4.90 Å². The minimum absolute atomic E-state index is 0.173. The number of halogens is 2. The molecule has 1 aromatic rings. The number of hydrogen-bond donors (Lipinski definition) is 1. The Morgan fingerprint density at radius 2 is 1.73 bits per heavy atom. The summed E-state index contributed by atoms with van der Waals surface area (Å²) in [5, 5.41) is 9.15. The first-order chi connectivity index (χ1) is 10.4. The lowest BCUT2D eigenvalue weighted by molar-refractivity contribution is -0.153. The Labute approximate surface area is 126 Å². The Morgan fingerprint density at radius 1 is 1.09 bits per heavy atom. The topological polar surface area (TPSA) is 60.9 Å². The van der Waals surface area contributed by atoms with Gasteiger partial charge in [-0.25, -0.2) is 8.78 Å². The van der Waals surface area contributed by atoms with E-state index in [2.05, 4.69) is 0 Å². The van der Waals surface area contributed by atoms with Gasteiger partial charge in [0.25, 0.3) is 0 Å². The van der Waals surface area contributed by atoms with Gasteiger partial charge < -0.3 is 14.9 Å². The van der Waals surface area contributed by atoms with Gasteiger partial charge >= 0.3 is 5.97 Å². The van der Waals surface area contributed by atoms with Crippen LogP contribution in [-0.4, -0.2) is 48.1 Å². The summed E-state index contributed by atoms with van der Waals surface area (Å²) in [7, 11) is 0. The quantitative estimate of drug-likeness (QED) is 0.859. The summed E-state index contributed by atoms with van der Waals surface area (Å²) in [6, 6.07) is 3.26. The summed E-state index contributed by atoms with van der Waals surface area (Å²) in [6.45, 7) is 1.32. The molecule has 2 fully saturated rings. The highest BCUT2D eigenvalue weighted by atomic mass is 19.1. The van der Waals surface area contributed by atoms with Gasteiger partial charge in [-0.05, 0) is 25.0 Å². The number of nitrogens with zero attached hydrogens (tertiary/aromatic N) is 2. The number of carbonyl (C=O) groups excluding carboxylic acids is 1. The Hall–Kier alpha value is -2.18. The number of aliphatic carboxylic acids is 1. The van der Waals surface area contributed by atoms with Crippen molar-refractivity contribution in [2.45, 2.75) is 12.8 Å². The number of benzene rings is 1. The van der Waals surface area contributed by atoms with Gasteiger partial charge in [-0.2, -0.15) is 0 Å². The summed E-state index contributed by atoms with van der Waals surface area (Å²) in [6.07, 6.45) is 0.750. The van der Waals surface area contributed by atoms with Crippen LogP contribution in [0.25, 0.3) is 0 Å². The number of amides is 1. The first kappa shape index (κ1) is 14.7. The van der Waals surface area contributed by atoms with E-state index in [1.807, 2.05) is 0 Å². The average molecular weight is 310 g/mol. The van der Waals surface area contributed by atoms with Crippen molar-refractivity contribution < 1.29 is 23.5 Å². The number of carbonyl (C=O) groups is 2. The van der Waals surface area contributed by atoms with Gasteiger partial charge in [0, 0.05) is 32.2 Å². The summed E-state index contributed by atoms with van der Waals surface area (Å²) in [4.78, 5) is 26.6. The highest BCUT2D eigenvalue weighted by Crippen LogP contribution is 2.47. The minimum Gasteiger partial charge on any atom is -0.480 e. The summed E-state index contributed by atoms with van der Waals surface area (Å²) in [5.41, 5.74) is -1.07. The molecule has 0 atom stereocenters. The molecule has 1 amide bonds. The molecule has 1 saturated heterocycles. The molecule has 3 rings (SSSR count). The normalized spacial score (nSPS) is 19.9. The maximum Gasteiger partial charge on any atom is 0.319 e. The van der Waals surface area contributed by atoms with Crippen molar-refractivity contribution in [1.29, 1.82) is 0 Å². The number of anilines is 1. The van der Waals surface area contributed by atoms with Gasteiger partial charge in [-0.3, -0.25) is 9.59 Å². The van der Waals surface area contributed by atoms with Gasteiger partial charge in [0.1, 0.15) is 17.0 Å². The fourth-order valence-electron chi connectivity index (χ4n) is 2.83. The van der Waals surface area contributed by atoms with Crippen molar-refractivity contribution in [2.24, 2.45) is 5.41 Å². The van der Waals surface area contributed by atoms with E-state index in [-0.39, 0.29) is 11.6 Å². The zero-order chi connectivity index (χ0) is 15.9. The second-order valence-corrected chi connectivity index (χ2v) is 5.76. The number of hydrogen-bond acceptors (Lipinski definition) is 3. The molecule has 1 N–H and O–H groups in total. The van der Waals surface area contributed by atoms with Crippen LogP contribution in [0.3, 0.4) is 0 Å². The molecule has 1 saturated carbocycles. The minimum atomic E-state index is -1.24. The van der Waals surface area contributed by atoms with Crippen molar-refractivity contribution in [1.82, 2.24) is 4.90 Å². The molecule has 0 bridgehead atoms. The third-order valence-electron chi connectivity index (χ3n) is 4.38. The Morgan fingerprint density at radius 3 is 2.27 bits per heavy atom. The summed E-state index contributed by atoms with van der Waals surface area (Å²) < 4.78 is 27.0. The SMILES string of the molecule is O=C(O)C1(C(=O)N2CCN(c3cc(F)ccc3F)CC2)CC1. The van der Waals surface area contributed by atoms with Crippen molar-refractivity contribution >= 4 is 17.6 Å². The smallest absolute Gasteiger partial charge is 0.319 e. The molecule has 1 heterocycles. The number of piperazine rings is 1. The van der Waals surface area contributed by atoms with E-state index < -0.39 is 23.0 Å². The molecule has 22 heavy (non-hydrogen) atoms.